The third-order valence-corrected chi connectivity index (χ3v) is 4.14. The van der Waals surface area contributed by atoms with E-state index in [0.717, 1.165) is 31.5 Å². The molecule has 104 valence electrons. The van der Waals surface area contributed by atoms with Crippen LogP contribution in [-0.2, 0) is 10.0 Å². The van der Waals surface area contributed by atoms with Gasteiger partial charge in [0, 0.05) is 25.2 Å². The lowest BCUT2D eigenvalue weighted by Crippen LogP contribution is -2.23. The van der Waals surface area contributed by atoms with Crippen LogP contribution in [0.5, 0.6) is 0 Å². The van der Waals surface area contributed by atoms with Crippen LogP contribution in [0.25, 0.3) is 0 Å². The van der Waals surface area contributed by atoms with Gasteiger partial charge in [0.05, 0.1) is 4.90 Å². The Morgan fingerprint density at radius 2 is 1.89 bits per heavy atom. The molecule has 0 amide bonds. The van der Waals surface area contributed by atoms with Crippen molar-refractivity contribution in [2.24, 2.45) is 0 Å². The van der Waals surface area contributed by atoms with Crippen LogP contribution >= 0.6 is 0 Å². The summed E-state index contributed by atoms with van der Waals surface area (Å²) in [6.45, 7) is 2.97. The van der Waals surface area contributed by atoms with Crippen molar-refractivity contribution in [1.82, 2.24) is 4.72 Å². The average molecular weight is 280 g/mol. The third kappa shape index (κ3) is 5.33. The van der Waals surface area contributed by atoms with Crippen LogP contribution in [0.1, 0.15) is 26.2 Å². The summed E-state index contributed by atoms with van der Waals surface area (Å²) in [5, 5.41) is 3.23. The standard InChI is InChI=1S/C14H20N2O2S/c1-3-5-6-7-12-15-13-8-10-14(11-9-13)19(17,18)16-4-2/h1,8-11,15-16H,4-7,12H2,2H3. The van der Waals surface area contributed by atoms with Crippen LogP contribution in [0.15, 0.2) is 29.2 Å². The van der Waals surface area contributed by atoms with Gasteiger partial charge in [0.15, 0.2) is 0 Å². The summed E-state index contributed by atoms with van der Waals surface area (Å²) in [6.07, 6.45) is 7.96. The second-order valence-corrected chi connectivity index (χ2v) is 5.88. The monoisotopic (exact) mass is 280 g/mol. The molecule has 1 rings (SSSR count). The Bertz CT molecular complexity index is 515. The predicted molar refractivity (Wildman–Crippen MR) is 78.5 cm³/mol. The van der Waals surface area contributed by atoms with E-state index in [1.807, 2.05) is 0 Å². The Balaban J connectivity index is 2.51. The number of unbranched alkanes of at least 4 members (excludes halogenated alkanes) is 2. The first-order valence-electron chi connectivity index (χ1n) is 6.37. The van der Waals surface area contributed by atoms with Gasteiger partial charge in [-0.25, -0.2) is 13.1 Å². The van der Waals surface area contributed by atoms with Crippen molar-refractivity contribution < 1.29 is 8.42 Å². The van der Waals surface area contributed by atoms with E-state index >= 15 is 0 Å². The van der Waals surface area contributed by atoms with Gasteiger partial charge >= 0.3 is 0 Å². The van der Waals surface area contributed by atoms with Crippen LogP contribution in [0.4, 0.5) is 5.69 Å². The molecule has 0 aliphatic heterocycles. The minimum atomic E-state index is -3.36. The molecular weight excluding hydrogens is 260 g/mol. The molecule has 0 bridgehead atoms. The van der Waals surface area contributed by atoms with E-state index in [-0.39, 0.29) is 4.90 Å². The van der Waals surface area contributed by atoms with Crippen LogP contribution < -0.4 is 10.0 Å². The lowest BCUT2D eigenvalue weighted by Gasteiger charge is -2.08. The van der Waals surface area contributed by atoms with Gasteiger partial charge in [0.25, 0.3) is 0 Å². The van der Waals surface area contributed by atoms with Crippen molar-refractivity contribution >= 4 is 15.7 Å². The van der Waals surface area contributed by atoms with Gasteiger partial charge in [-0.05, 0) is 37.1 Å². The summed E-state index contributed by atoms with van der Waals surface area (Å²) >= 11 is 0. The number of hydrogen-bond donors (Lipinski definition) is 2. The number of anilines is 1. The molecule has 0 aliphatic rings. The molecular formula is C14H20N2O2S. The maximum atomic E-state index is 11.7. The van der Waals surface area contributed by atoms with Gasteiger partial charge in [-0.15, -0.1) is 12.3 Å². The topological polar surface area (TPSA) is 58.2 Å². The van der Waals surface area contributed by atoms with Gasteiger partial charge in [-0.1, -0.05) is 6.92 Å². The van der Waals surface area contributed by atoms with Crippen LogP contribution in [-0.4, -0.2) is 21.5 Å². The first-order valence-corrected chi connectivity index (χ1v) is 7.85. The largest absolute Gasteiger partial charge is 0.385 e. The highest BCUT2D eigenvalue weighted by atomic mass is 32.2. The van der Waals surface area contributed by atoms with E-state index in [9.17, 15) is 8.42 Å². The van der Waals surface area contributed by atoms with Gasteiger partial charge in [0.1, 0.15) is 0 Å². The molecule has 0 heterocycles. The summed E-state index contributed by atoms with van der Waals surface area (Å²) < 4.78 is 25.9. The molecule has 5 heteroatoms. The molecule has 0 spiro atoms. The maximum Gasteiger partial charge on any atom is 0.240 e. The van der Waals surface area contributed by atoms with Crippen molar-refractivity contribution in [3.63, 3.8) is 0 Å². The van der Waals surface area contributed by atoms with E-state index in [4.69, 9.17) is 6.42 Å². The van der Waals surface area contributed by atoms with Crippen molar-refractivity contribution in [2.75, 3.05) is 18.4 Å². The lowest BCUT2D eigenvalue weighted by molar-refractivity contribution is 0.584. The summed E-state index contributed by atoms with van der Waals surface area (Å²) in [7, 11) is -3.36. The zero-order valence-electron chi connectivity index (χ0n) is 11.1. The van der Waals surface area contributed by atoms with Crippen molar-refractivity contribution in [3.05, 3.63) is 24.3 Å². The Labute approximate surface area is 115 Å². The van der Waals surface area contributed by atoms with Gasteiger partial charge in [-0.3, -0.25) is 0 Å². The Hall–Kier alpha value is -1.51. The molecule has 1 aromatic carbocycles. The van der Waals surface area contributed by atoms with E-state index in [0.29, 0.717) is 6.54 Å². The fourth-order valence-corrected chi connectivity index (χ4v) is 2.65. The van der Waals surface area contributed by atoms with Crippen LogP contribution in [0.3, 0.4) is 0 Å². The maximum absolute atomic E-state index is 11.7. The Kier molecular flexibility index (Phi) is 6.40. The Morgan fingerprint density at radius 3 is 2.47 bits per heavy atom. The summed E-state index contributed by atoms with van der Waals surface area (Å²) in [6, 6.07) is 6.74. The summed E-state index contributed by atoms with van der Waals surface area (Å²) in [5.41, 5.74) is 0.913. The number of terminal acetylenes is 1. The molecule has 0 unspecified atom stereocenters. The normalized spacial score (nSPS) is 10.9. The highest BCUT2D eigenvalue weighted by molar-refractivity contribution is 7.89. The van der Waals surface area contributed by atoms with Gasteiger partial charge in [0.2, 0.25) is 10.0 Å². The second-order valence-electron chi connectivity index (χ2n) is 4.11. The van der Waals surface area contributed by atoms with Crippen molar-refractivity contribution in [3.8, 4) is 12.3 Å². The van der Waals surface area contributed by atoms with Gasteiger partial charge < -0.3 is 5.32 Å². The third-order valence-electron chi connectivity index (χ3n) is 2.58. The number of rotatable bonds is 8. The molecule has 1 aromatic rings. The molecule has 19 heavy (non-hydrogen) atoms. The minimum Gasteiger partial charge on any atom is -0.385 e. The van der Waals surface area contributed by atoms with Gasteiger partial charge in [-0.2, -0.15) is 0 Å². The second kappa shape index (κ2) is 7.82. The van der Waals surface area contributed by atoms with E-state index < -0.39 is 10.0 Å². The smallest absolute Gasteiger partial charge is 0.240 e. The summed E-state index contributed by atoms with van der Waals surface area (Å²) in [5.74, 6) is 2.60. The fourth-order valence-electron chi connectivity index (χ4n) is 1.61. The minimum absolute atomic E-state index is 0.284. The molecule has 0 radical (unpaired) electrons. The molecule has 4 nitrogen and oxygen atoms in total. The van der Waals surface area contributed by atoms with Crippen LogP contribution in [0, 0.1) is 12.3 Å². The first-order chi connectivity index (χ1) is 9.10. The summed E-state index contributed by atoms with van der Waals surface area (Å²) in [4.78, 5) is 0.284. The fraction of sp³-hybridized carbons (Fsp3) is 0.429. The molecule has 0 saturated heterocycles. The molecule has 0 aromatic heterocycles. The number of benzene rings is 1. The Morgan fingerprint density at radius 1 is 1.21 bits per heavy atom. The average Bonchev–Trinajstić information content (AvgIpc) is 2.39. The molecule has 0 fully saturated rings. The zero-order valence-corrected chi connectivity index (χ0v) is 12.0. The first kappa shape index (κ1) is 15.5. The van der Waals surface area contributed by atoms with Crippen molar-refractivity contribution in [2.45, 2.75) is 31.1 Å². The number of nitrogens with one attached hydrogen (secondary N) is 2. The molecule has 2 N–H and O–H groups in total. The van der Waals surface area contributed by atoms with Crippen molar-refractivity contribution in [1.29, 1.82) is 0 Å². The molecule has 0 atom stereocenters. The number of hydrogen-bond acceptors (Lipinski definition) is 3. The lowest BCUT2D eigenvalue weighted by atomic mass is 10.2. The quantitative estimate of drug-likeness (QED) is 0.567. The predicted octanol–water partition coefficient (Wildman–Crippen LogP) is 2.20. The molecule has 0 saturated carbocycles. The van der Waals surface area contributed by atoms with E-state index in [1.54, 1.807) is 31.2 Å². The zero-order chi connectivity index (χ0) is 14.1. The van der Waals surface area contributed by atoms with E-state index in [2.05, 4.69) is 16.0 Å². The highest BCUT2D eigenvalue weighted by Gasteiger charge is 2.11. The highest BCUT2D eigenvalue weighted by Crippen LogP contribution is 2.14. The SMILES string of the molecule is C#CCCCCNc1ccc(S(=O)(=O)NCC)cc1. The van der Waals surface area contributed by atoms with Crippen LogP contribution in [0.2, 0.25) is 0 Å². The number of sulfonamides is 1. The van der Waals surface area contributed by atoms with E-state index in [1.165, 1.54) is 0 Å². The molecule has 0 aliphatic carbocycles.